The second kappa shape index (κ2) is 8.56. The van der Waals surface area contributed by atoms with Crippen LogP contribution in [0.2, 0.25) is 0 Å². The van der Waals surface area contributed by atoms with E-state index >= 15 is 0 Å². The number of hydrogen-bond acceptors (Lipinski definition) is 0. The summed E-state index contributed by atoms with van der Waals surface area (Å²) in [6.45, 7) is 9.07. The van der Waals surface area contributed by atoms with E-state index in [9.17, 15) is 0 Å². The highest BCUT2D eigenvalue weighted by Gasteiger charge is 2.16. The van der Waals surface area contributed by atoms with E-state index in [-0.39, 0.29) is 0 Å². The second-order valence-electron chi connectivity index (χ2n) is 6.43. The quantitative estimate of drug-likeness (QED) is 0.405. The Morgan fingerprint density at radius 3 is 2.72 bits per heavy atom. The number of rotatable bonds is 5. The Morgan fingerprint density at radius 2 is 2.00 bits per heavy atom. The minimum atomic E-state index is 0.737. The van der Waals surface area contributed by atoms with Crippen LogP contribution in [0, 0.1) is 17.8 Å². The van der Waals surface area contributed by atoms with Gasteiger partial charge < -0.3 is 0 Å². The molecule has 1 aliphatic carbocycles. The van der Waals surface area contributed by atoms with Gasteiger partial charge in [-0.15, -0.1) is 0 Å². The Kier molecular flexibility index (Phi) is 7.39. The molecule has 1 rings (SSSR count). The van der Waals surface area contributed by atoms with Gasteiger partial charge in [0, 0.05) is 0 Å². The minimum absolute atomic E-state index is 0.737. The molecule has 0 aromatic heterocycles. The molecule has 0 bridgehead atoms. The summed E-state index contributed by atoms with van der Waals surface area (Å²) in [5.41, 5.74) is 1.38. The van der Waals surface area contributed by atoms with Gasteiger partial charge in [-0.25, -0.2) is 0 Å². The molecular weight excluding hydrogens is 216 g/mol. The molecule has 3 atom stereocenters. The highest BCUT2D eigenvalue weighted by molar-refractivity contribution is 5.15. The summed E-state index contributed by atoms with van der Waals surface area (Å²) in [6, 6.07) is 0. The summed E-state index contributed by atoms with van der Waals surface area (Å²) in [6.07, 6.45) is 17.0. The van der Waals surface area contributed by atoms with Crippen molar-refractivity contribution in [3.05, 3.63) is 23.8 Å². The largest absolute Gasteiger partial charge is 0.0847 e. The van der Waals surface area contributed by atoms with Crippen LogP contribution < -0.4 is 0 Å². The van der Waals surface area contributed by atoms with Gasteiger partial charge in [-0.1, -0.05) is 69.8 Å². The van der Waals surface area contributed by atoms with Crippen LogP contribution in [-0.4, -0.2) is 0 Å². The molecule has 1 fully saturated rings. The van der Waals surface area contributed by atoms with E-state index in [0.29, 0.717) is 0 Å². The lowest BCUT2D eigenvalue weighted by Crippen LogP contribution is -2.02. The highest BCUT2D eigenvalue weighted by Crippen LogP contribution is 2.30. The van der Waals surface area contributed by atoms with E-state index in [1.807, 2.05) is 0 Å². The topological polar surface area (TPSA) is 0 Å². The molecule has 0 N–H and O–H groups in total. The van der Waals surface area contributed by atoms with Crippen molar-refractivity contribution in [3.63, 3.8) is 0 Å². The maximum Gasteiger partial charge on any atom is -0.0259 e. The molecule has 0 aliphatic heterocycles. The van der Waals surface area contributed by atoms with Crippen LogP contribution in [0.15, 0.2) is 23.8 Å². The Balaban J connectivity index is 2.25. The van der Waals surface area contributed by atoms with Crippen LogP contribution >= 0.6 is 0 Å². The van der Waals surface area contributed by atoms with Crippen molar-refractivity contribution in [1.29, 1.82) is 0 Å². The molecule has 104 valence electrons. The van der Waals surface area contributed by atoms with E-state index in [0.717, 1.165) is 17.8 Å². The normalized spacial score (nSPS) is 28.3. The van der Waals surface area contributed by atoms with Crippen molar-refractivity contribution in [2.75, 3.05) is 0 Å². The minimum Gasteiger partial charge on any atom is -0.0847 e. The third kappa shape index (κ3) is 6.42. The first-order valence-electron chi connectivity index (χ1n) is 7.93. The van der Waals surface area contributed by atoms with E-state index in [1.54, 1.807) is 0 Å². The molecule has 0 saturated heterocycles. The Labute approximate surface area is 115 Å². The van der Waals surface area contributed by atoms with E-state index < -0.39 is 0 Å². The smallest absolute Gasteiger partial charge is 0.0259 e. The van der Waals surface area contributed by atoms with Gasteiger partial charge in [0.05, 0.1) is 0 Å². The summed E-state index contributed by atoms with van der Waals surface area (Å²) in [7, 11) is 0. The first kappa shape index (κ1) is 15.5. The van der Waals surface area contributed by atoms with Crippen LogP contribution in [0.5, 0.6) is 0 Å². The third-order valence-corrected chi connectivity index (χ3v) is 4.55. The summed E-state index contributed by atoms with van der Waals surface area (Å²) in [5.74, 6) is 2.72. The zero-order chi connectivity index (χ0) is 13.4. The zero-order valence-corrected chi connectivity index (χ0v) is 12.9. The maximum absolute atomic E-state index is 2.42. The fourth-order valence-corrected chi connectivity index (χ4v) is 2.86. The van der Waals surface area contributed by atoms with Gasteiger partial charge in [-0.3, -0.25) is 0 Å². The monoisotopic (exact) mass is 248 g/mol. The molecule has 3 unspecified atom stereocenters. The summed E-state index contributed by atoms with van der Waals surface area (Å²) >= 11 is 0. The molecule has 1 aliphatic rings. The molecule has 0 heterocycles. The Morgan fingerprint density at radius 1 is 1.22 bits per heavy atom. The molecule has 0 radical (unpaired) electrons. The van der Waals surface area contributed by atoms with Gasteiger partial charge in [0.1, 0.15) is 0 Å². The molecule has 0 nitrogen and oxygen atoms in total. The van der Waals surface area contributed by atoms with Crippen molar-refractivity contribution >= 4 is 0 Å². The fraction of sp³-hybridized carbons (Fsp3) is 0.778. The average molecular weight is 248 g/mol. The predicted molar refractivity (Wildman–Crippen MR) is 82.7 cm³/mol. The maximum atomic E-state index is 2.42. The fourth-order valence-electron chi connectivity index (χ4n) is 2.86. The Bertz CT molecular complexity index is 272. The molecule has 0 aromatic rings. The van der Waals surface area contributed by atoms with Gasteiger partial charge in [-0.2, -0.15) is 0 Å². The SMILES string of the molecule is CC=C(C)C=CC(C)CCC1CCCC(C)CC1. The second-order valence-corrected chi connectivity index (χ2v) is 6.43. The van der Waals surface area contributed by atoms with Crippen molar-refractivity contribution in [1.82, 2.24) is 0 Å². The van der Waals surface area contributed by atoms with Crippen LogP contribution in [0.25, 0.3) is 0 Å². The van der Waals surface area contributed by atoms with Crippen molar-refractivity contribution < 1.29 is 0 Å². The summed E-state index contributed by atoms with van der Waals surface area (Å²) in [4.78, 5) is 0. The van der Waals surface area contributed by atoms with E-state index in [4.69, 9.17) is 0 Å². The molecule has 0 heteroatoms. The average Bonchev–Trinajstić information content (AvgIpc) is 2.58. The lowest BCUT2D eigenvalue weighted by Gasteiger charge is -2.15. The first-order chi connectivity index (χ1) is 8.61. The lowest BCUT2D eigenvalue weighted by molar-refractivity contribution is 0.389. The van der Waals surface area contributed by atoms with Crippen LogP contribution in [0.3, 0.4) is 0 Å². The van der Waals surface area contributed by atoms with Gasteiger partial charge >= 0.3 is 0 Å². The van der Waals surface area contributed by atoms with Crippen LogP contribution in [-0.2, 0) is 0 Å². The Hall–Kier alpha value is -0.520. The van der Waals surface area contributed by atoms with Crippen molar-refractivity contribution in [2.45, 2.75) is 72.6 Å². The van der Waals surface area contributed by atoms with Gasteiger partial charge in [0.25, 0.3) is 0 Å². The summed E-state index contributed by atoms with van der Waals surface area (Å²) < 4.78 is 0. The number of allylic oxidation sites excluding steroid dienone is 4. The van der Waals surface area contributed by atoms with Crippen LogP contribution in [0.4, 0.5) is 0 Å². The molecule has 18 heavy (non-hydrogen) atoms. The van der Waals surface area contributed by atoms with E-state index in [2.05, 4.69) is 45.9 Å². The molecule has 0 aromatic carbocycles. The summed E-state index contributed by atoms with van der Waals surface area (Å²) in [5, 5.41) is 0. The third-order valence-electron chi connectivity index (χ3n) is 4.55. The van der Waals surface area contributed by atoms with Gasteiger partial charge in [0.15, 0.2) is 0 Å². The number of hydrogen-bond donors (Lipinski definition) is 0. The molecule has 0 spiro atoms. The van der Waals surface area contributed by atoms with E-state index in [1.165, 1.54) is 50.5 Å². The van der Waals surface area contributed by atoms with Gasteiger partial charge in [0.2, 0.25) is 0 Å². The van der Waals surface area contributed by atoms with Crippen molar-refractivity contribution in [2.24, 2.45) is 17.8 Å². The lowest BCUT2D eigenvalue weighted by atomic mass is 9.90. The van der Waals surface area contributed by atoms with Crippen molar-refractivity contribution in [3.8, 4) is 0 Å². The van der Waals surface area contributed by atoms with Crippen LogP contribution in [0.1, 0.15) is 72.6 Å². The zero-order valence-electron chi connectivity index (χ0n) is 12.9. The van der Waals surface area contributed by atoms with Gasteiger partial charge in [-0.05, 0) is 44.4 Å². The molecule has 0 amide bonds. The molecule has 1 saturated carbocycles. The standard InChI is InChI=1S/C18H32/c1-5-15(2)9-10-17(4)12-14-18-8-6-7-16(3)11-13-18/h5,9-10,16-18H,6-8,11-14H2,1-4H3. The molecular formula is C18H32. The predicted octanol–water partition coefficient (Wildman–Crippen LogP) is 6.14. The highest BCUT2D eigenvalue weighted by atomic mass is 14.2. The first-order valence-corrected chi connectivity index (χ1v) is 7.93.